The van der Waals surface area contributed by atoms with E-state index < -0.39 is 0 Å². The minimum atomic E-state index is -0.321. The second-order valence-electron chi connectivity index (χ2n) is 7.78. The minimum absolute atomic E-state index is 0.0436. The molecule has 0 aliphatic carbocycles. The van der Waals surface area contributed by atoms with Gasteiger partial charge in [-0.1, -0.05) is 0 Å². The fourth-order valence-electron chi connectivity index (χ4n) is 3.91. The molecule has 0 atom stereocenters. The molecule has 3 aromatic rings. The van der Waals surface area contributed by atoms with Crippen LogP contribution in [0.4, 0.5) is 9.52 Å². The molecule has 4 rings (SSSR count). The lowest BCUT2D eigenvalue weighted by Gasteiger charge is -2.31. The molecule has 2 amide bonds. The summed E-state index contributed by atoms with van der Waals surface area (Å²) in [7, 11) is 0. The maximum atomic E-state index is 13.2. The van der Waals surface area contributed by atoms with Gasteiger partial charge in [0.2, 0.25) is 5.91 Å². The van der Waals surface area contributed by atoms with E-state index in [-0.39, 0.29) is 23.5 Å². The molecule has 9 heteroatoms. The van der Waals surface area contributed by atoms with Gasteiger partial charge in [0.05, 0.1) is 28.3 Å². The van der Waals surface area contributed by atoms with Crippen LogP contribution < -0.4 is 5.32 Å². The Bertz CT molecular complexity index is 1110. The first-order valence-electron chi connectivity index (χ1n) is 10.2. The van der Waals surface area contributed by atoms with Crippen LogP contribution in [0.3, 0.4) is 0 Å². The standard InChI is InChI=1S/C22H24FN5O2S/c1-13-12-31-22(24-13)25-20(29)16-8-10-27(11-9-16)21(30)19-14(2)26-28(15(19)3)18-6-4-17(23)5-7-18/h4-7,12,16H,8-11H2,1-3H3,(H,24,25,29). The third kappa shape index (κ3) is 4.36. The number of hydrogen-bond donors (Lipinski definition) is 1. The van der Waals surface area contributed by atoms with Crippen LogP contribution in [0.25, 0.3) is 5.69 Å². The van der Waals surface area contributed by atoms with Gasteiger partial charge < -0.3 is 10.2 Å². The van der Waals surface area contributed by atoms with Crippen molar-refractivity contribution >= 4 is 28.3 Å². The maximum Gasteiger partial charge on any atom is 0.257 e. The second-order valence-corrected chi connectivity index (χ2v) is 8.64. The van der Waals surface area contributed by atoms with Crippen LogP contribution in [0.2, 0.25) is 0 Å². The largest absolute Gasteiger partial charge is 0.338 e. The summed E-state index contributed by atoms with van der Waals surface area (Å²) in [6.45, 7) is 6.55. The van der Waals surface area contributed by atoms with Gasteiger partial charge in [0, 0.05) is 24.4 Å². The highest BCUT2D eigenvalue weighted by Gasteiger charge is 2.30. The molecule has 1 fully saturated rings. The molecule has 162 valence electrons. The lowest BCUT2D eigenvalue weighted by molar-refractivity contribution is -0.121. The Hall–Kier alpha value is -3.07. The SMILES string of the molecule is Cc1csc(NC(=O)C2CCN(C(=O)c3c(C)nn(-c4ccc(F)cc4)c3C)CC2)n1. The number of thiazole rings is 1. The van der Waals surface area contributed by atoms with Crippen LogP contribution in [0.5, 0.6) is 0 Å². The summed E-state index contributed by atoms with van der Waals surface area (Å²) < 4.78 is 14.9. The Morgan fingerprint density at radius 3 is 2.42 bits per heavy atom. The number of carbonyl (C=O) groups excluding carboxylic acids is 2. The molecule has 1 aromatic carbocycles. The first kappa shape index (κ1) is 21.2. The number of hydrogen-bond acceptors (Lipinski definition) is 5. The number of amides is 2. The topological polar surface area (TPSA) is 80.1 Å². The molecular weight excluding hydrogens is 417 g/mol. The van der Waals surface area contributed by atoms with Crippen molar-refractivity contribution in [1.82, 2.24) is 19.7 Å². The van der Waals surface area contributed by atoms with E-state index in [4.69, 9.17) is 0 Å². The number of aryl methyl sites for hydroxylation is 2. The zero-order chi connectivity index (χ0) is 22.1. The molecule has 0 unspecified atom stereocenters. The van der Waals surface area contributed by atoms with E-state index in [2.05, 4.69) is 15.4 Å². The molecule has 1 aliphatic rings. The average molecular weight is 442 g/mol. The number of likely N-dealkylation sites (tertiary alicyclic amines) is 1. The van der Waals surface area contributed by atoms with Gasteiger partial charge in [0.1, 0.15) is 5.82 Å². The number of anilines is 1. The van der Waals surface area contributed by atoms with E-state index in [1.54, 1.807) is 28.6 Å². The molecule has 3 heterocycles. The van der Waals surface area contributed by atoms with E-state index in [1.807, 2.05) is 19.2 Å². The van der Waals surface area contributed by atoms with Gasteiger partial charge in [0.25, 0.3) is 5.91 Å². The highest BCUT2D eigenvalue weighted by Crippen LogP contribution is 2.25. The monoisotopic (exact) mass is 441 g/mol. The number of benzene rings is 1. The van der Waals surface area contributed by atoms with Crippen molar-refractivity contribution in [2.75, 3.05) is 18.4 Å². The van der Waals surface area contributed by atoms with Gasteiger partial charge >= 0.3 is 0 Å². The first-order valence-corrected chi connectivity index (χ1v) is 11.1. The van der Waals surface area contributed by atoms with Gasteiger partial charge in [-0.25, -0.2) is 14.1 Å². The van der Waals surface area contributed by atoms with Crippen LogP contribution in [-0.4, -0.2) is 44.6 Å². The third-order valence-corrected chi connectivity index (χ3v) is 6.45. The zero-order valence-corrected chi connectivity index (χ0v) is 18.5. The molecule has 7 nitrogen and oxygen atoms in total. The van der Waals surface area contributed by atoms with E-state index >= 15 is 0 Å². The molecule has 0 spiro atoms. The van der Waals surface area contributed by atoms with Crippen LogP contribution in [0.1, 0.15) is 40.3 Å². The lowest BCUT2D eigenvalue weighted by Crippen LogP contribution is -2.41. The van der Waals surface area contributed by atoms with Crippen molar-refractivity contribution in [3.05, 3.63) is 58.1 Å². The molecule has 0 radical (unpaired) electrons. The number of aromatic nitrogens is 3. The molecule has 2 aromatic heterocycles. The second kappa shape index (κ2) is 8.58. The molecular formula is C22H24FN5O2S. The average Bonchev–Trinajstić information content (AvgIpc) is 3.30. The predicted molar refractivity (Wildman–Crippen MR) is 117 cm³/mol. The highest BCUT2D eigenvalue weighted by molar-refractivity contribution is 7.13. The normalized spacial score (nSPS) is 14.6. The summed E-state index contributed by atoms with van der Waals surface area (Å²) in [5.74, 6) is -0.591. The van der Waals surface area contributed by atoms with E-state index in [1.165, 1.54) is 23.5 Å². The first-order chi connectivity index (χ1) is 14.8. The fourth-order valence-corrected chi connectivity index (χ4v) is 4.60. The Labute approximate surface area is 183 Å². The van der Waals surface area contributed by atoms with Gasteiger partial charge in [-0.15, -0.1) is 11.3 Å². The summed E-state index contributed by atoms with van der Waals surface area (Å²) in [6, 6.07) is 6.01. The number of rotatable bonds is 4. The highest BCUT2D eigenvalue weighted by atomic mass is 32.1. The Morgan fingerprint density at radius 1 is 1.13 bits per heavy atom. The Balaban J connectivity index is 1.43. The maximum absolute atomic E-state index is 13.2. The predicted octanol–water partition coefficient (Wildman–Crippen LogP) is 3.88. The van der Waals surface area contributed by atoms with Crippen molar-refractivity contribution in [2.45, 2.75) is 33.6 Å². The molecule has 0 bridgehead atoms. The molecule has 1 aliphatic heterocycles. The number of halogens is 1. The van der Waals surface area contributed by atoms with Crippen molar-refractivity contribution in [2.24, 2.45) is 5.92 Å². The summed E-state index contributed by atoms with van der Waals surface area (Å²) in [5.41, 5.74) is 3.49. The third-order valence-electron chi connectivity index (χ3n) is 5.58. The van der Waals surface area contributed by atoms with E-state index in [9.17, 15) is 14.0 Å². The number of piperidine rings is 1. The minimum Gasteiger partial charge on any atom is -0.338 e. The van der Waals surface area contributed by atoms with Gasteiger partial charge in [-0.3, -0.25) is 9.59 Å². The molecule has 0 saturated carbocycles. The van der Waals surface area contributed by atoms with Crippen LogP contribution >= 0.6 is 11.3 Å². The van der Waals surface area contributed by atoms with Crippen molar-refractivity contribution in [1.29, 1.82) is 0 Å². The summed E-state index contributed by atoms with van der Waals surface area (Å²) in [5, 5.41) is 9.88. The molecule has 1 N–H and O–H groups in total. The van der Waals surface area contributed by atoms with Crippen molar-refractivity contribution < 1.29 is 14.0 Å². The van der Waals surface area contributed by atoms with Crippen molar-refractivity contribution in [3.8, 4) is 5.69 Å². The van der Waals surface area contributed by atoms with E-state index in [0.717, 1.165) is 5.69 Å². The number of nitrogens with one attached hydrogen (secondary N) is 1. The van der Waals surface area contributed by atoms with Crippen LogP contribution in [-0.2, 0) is 4.79 Å². The Kier molecular flexibility index (Phi) is 5.86. The number of carbonyl (C=O) groups is 2. The summed E-state index contributed by atoms with van der Waals surface area (Å²) in [4.78, 5) is 31.8. The fraction of sp³-hybridized carbons (Fsp3) is 0.364. The zero-order valence-electron chi connectivity index (χ0n) is 17.7. The van der Waals surface area contributed by atoms with Gasteiger partial charge in [0.15, 0.2) is 5.13 Å². The van der Waals surface area contributed by atoms with Crippen LogP contribution in [0.15, 0.2) is 29.6 Å². The number of nitrogens with zero attached hydrogens (tertiary/aromatic N) is 4. The molecule has 1 saturated heterocycles. The summed E-state index contributed by atoms with van der Waals surface area (Å²) >= 11 is 1.41. The molecule has 31 heavy (non-hydrogen) atoms. The van der Waals surface area contributed by atoms with Gasteiger partial charge in [-0.05, 0) is 57.9 Å². The quantitative estimate of drug-likeness (QED) is 0.666. The van der Waals surface area contributed by atoms with Crippen LogP contribution in [0, 0.1) is 32.5 Å². The Morgan fingerprint density at radius 2 is 1.81 bits per heavy atom. The van der Waals surface area contributed by atoms with E-state index in [0.29, 0.717) is 53.7 Å². The summed E-state index contributed by atoms with van der Waals surface area (Å²) in [6.07, 6.45) is 1.21. The van der Waals surface area contributed by atoms with Gasteiger partial charge in [-0.2, -0.15) is 5.10 Å². The van der Waals surface area contributed by atoms with Crippen molar-refractivity contribution in [3.63, 3.8) is 0 Å². The smallest absolute Gasteiger partial charge is 0.257 e. The lowest BCUT2D eigenvalue weighted by atomic mass is 9.95.